The molecule has 2 aromatic carbocycles. The summed E-state index contributed by atoms with van der Waals surface area (Å²) < 4.78 is 11.8. The first-order chi connectivity index (χ1) is 11.0. The molecule has 4 nitrogen and oxygen atoms in total. The van der Waals surface area contributed by atoms with E-state index in [1.54, 1.807) is 13.8 Å². The van der Waals surface area contributed by atoms with Crippen molar-refractivity contribution >= 4 is 0 Å². The van der Waals surface area contributed by atoms with Gasteiger partial charge in [0.15, 0.2) is 5.79 Å². The predicted octanol–water partition coefficient (Wildman–Crippen LogP) is 2.43. The molecule has 1 fully saturated rings. The monoisotopic (exact) mass is 314 g/mol. The van der Waals surface area contributed by atoms with E-state index in [4.69, 9.17) is 9.47 Å². The second-order valence-corrected chi connectivity index (χ2v) is 6.28. The van der Waals surface area contributed by atoms with Gasteiger partial charge in [-0.2, -0.15) is 0 Å². The zero-order chi connectivity index (χ0) is 16.5. The lowest BCUT2D eigenvalue weighted by molar-refractivity contribution is -0.166. The van der Waals surface area contributed by atoms with E-state index in [9.17, 15) is 10.2 Å². The van der Waals surface area contributed by atoms with E-state index in [2.05, 4.69) is 0 Å². The highest BCUT2D eigenvalue weighted by Gasteiger charge is 2.53. The highest BCUT2D eigenvalue weighted by molar-refractivity contribution is 5.38. The number of hydrogen-bond donors (Lipinski definition) is 2. The van der Waals surface area contributed by atoms with E-state index < -0.39 is 23.6 Å². The summed E-state index contributed by atoms with van der Waals surface area (Å²) in [7, 11) is 0. The van der Waals surface area contributed by atoms with Gasteiger partial charge >= 0.3 is 0 Å². The Labute approximate surface area is 136 Å². The maximum atomic E-state index is 11.7. The van der Waals surface area contributed by atoms with Crippen LogP contribution >= 0.6 is 0 Å². The van der Waals surface area contributed by atoms with Gasteiger partial charge in [-0.3, -0.25) is 0 Å². The van der Waals surface area contributed by atoms with Gasteiger partial charge in [0.05, 0.1) is 6.61 Å². The lowest BCUT2D eigenvalue weighted by Crippen LogP contribution is -2.47. The van der Waals surface area contributed by atoms with Crippen LogP contribution in [0, 0.1) is 0 Å². The van der Waals surface area contributed by atoms with E-state index in [0.29, 0.717) is 11.1 Å². The van der Waals surface area contributed by atoms with Crippen molar-refractivity contribution < 1.29 is 19.7 Å². The average Bonchev–Trinajstić information content (AvgIpc) is 2.91. The number of ether oxygens (including phenoxy) is 2. The topological polar surface area (TPSA) is 58.9 Å². The normalized spacial score (nSPS) is 23.8. The zero-order valence-corrected chi connectivity index (χ0v) is 13.3. The van der Waals surface area contributed by atoms with E-state index in [-0.39, 0.29) is 6.61 Å². The second-order valence-electron chi connectivity index (χ2n) is 6.28. The number of hydrogen-bond acceptors (Lipinski definition) is 4. The van der Waals surface area contributed by atoms with Crippen molar-refractivity contribution in [1.82, 2.24) is 0 Å². The van der Waals surface area contributed by atoms with Crippen LogP contribution in [0.3, 0.4) is 0 Å². The molecule has 0 aliphatic carbocycles. The third-order valence-corrected chi connectivity index (χ3v) is 4.20. The molecule has 1 saturated heterocycles. The van der Waals surface area contributed by atoms with Gasteiger partial charge in [0.1, 0.15) is 17.8 Å². The molecule has 1 aliphatic heterocycles. The van der Waals surface area contributed by atoms with Gasteiger partial charge in [0.25, 0.3) is 0 Å². The van der Waals surface area contributed by atoms with Crippen molar-refractivity contribution in [2.24, 2.45) is 0 Å². The minimum Gasteiger partial charge on any atom is -0.394 e. The molecule has 1 heterocycles. The van der Waals surface area contributed by atoms with Crippen LogP contribution in [-0.4, -0.2) is 34.8 Å². The summed E-state index contributed by atoms with van der Waals surface area (Å²) in [6.07, 6.45) is -1.33. The average molecular weight is 314 g/mol. The van der Waals surface area contributed by atoms with Crippen LogP contribution in [0.15, 0.2) is 60.7 Å². The highest BCUT2D eigenvalue weighted by atomic mass is 16.8. The smallest absolute Gasteiger partial charge is 0.164 e. The van der Waals surface area contributed by atoms with Crippen molar-refractivity contribution in [3.63, 3.8) is 0 Å². The van der Waals surface area contributed by atoms with Crippen molar-refractivity contribution in [1.29, 1.82) is 0 Å². The number of aliphatic hydroxyl groups excluding tert-OH is 1. The van der Waals surface area contributed by atoms with E-state index in [1.807, 2.05) is 60.7 Å². The molecule has 0 unspecified atom stereocenters. The Bertz CT molecular complexity index is 599. The molecule has 0 saturated carbocycles. The molecule has 2 N–H and O–H groups in total. The molecule has 1 aliphatic rings. The van der Waals surface area contributed by atoms with Gasteiger partial charge in [0.2, 0.25) is 0 Å². The zero-order valence-electron chi connectivity index (χ0n) is 13.3. The van der Waals surface area contributed by atoms with Crippen LogP contribution in [0.1, 0.15) is 25.0 Å². The summed E-state index contributed by atoms with van der Waals surface area (Å²) in [5.41, 5.74) is -0.00384. The molecule has 23 heavy (non-hydrogen) atoms. The van der Waals surface area contributed by atoms with Crippen LogP contribution < -0.4 is 0 Å². The molecule has 3 rings (SSSR count). The standard InChI is InChI=1S/C19H22O4/c1-18(2)22-16(13-20)17(23-18)19(21,14-9-5-3-6-10-14)15-11-7-4-8-12-15/h3-12,16-17,20-21H,13H2,1-2H3/t16-,17+/m0/s1. The summed E-state index contributed by atoms with van der Waals surface area (Å²) in [6.45, 7) is 3.34. The molecular weight excluding hydrogens is 292 g/mol. The summed E-state index contributed by atoms with van der Waals surface area (Å²) in [4.78, 5) is 0. The fraction of sp³-hybridized carbons (Fsp3) is 0.368. The molecule has 0 bridgehead atoms. The Morgan fingerprint density at radius 2 is 1.39 bits per heavy atom. The fourth-order valence-corrected chi connectivity index (χ4v) is 3.20. The number of rotatable bonds is 4. The van der Waals surface area contributed by atoms with Crippen molar-refractivity contribution in [3.05, 3.63) is 71.8 Å². The lowest BCUT2D eigenvalue weighted by atomic mass is 9.79. The Balaban J connectivity index is 2.13. The molecule has 0 spiro atoms. The first kappa shape index (κ1) is 16.1. The van der Waals surface area contributed by atoms with Gasteiger partial charge in [0, 0.05) is 0 Å². The molecule has 122 valence electrons. The Morgan fingerprint density at radius 1 is 0.913 bits per heavy atom. The first-order valence-electron chi connectivity index (χ1n) is 7.77. The molecule has 0 radical (unpaired) electrons. The molecule has 0 amide bonds. The van der Waals surface area contributed by atoms with Crippen LogP contribution in [-0.2, 0) is 15.1 Å². The summed E-state index contributed by atoms with van der Waals surface area (Å²) >= 11 is 0. The molecular formula is C19H22O4. The van der Waals surface area contributed by atoms with Crippen LogP contribution in [0.5, 0.6) is 0 Å². The highest BCUT2D eigenvalue weighted by Crippen LogP contribution is 2.42. The summed E-state index contributed by atoms with van der Waals surface area (Å²) in [5, 5.41) is 21.4. The van der Waals surface area contributed by atoms with Gasteiger partial charge in [-0.05, 0) is 25.0 Å². The lowest BCUT2D eigenvalue weighted by Gasteiger charge is -2.36. The van der Waals surface area contributed by atoms with Gasteiger partial charge in [-0.25, -0.2) is 0 Å². The minimum atomic E-state index is -1.41. The largest absolute Gasteiger partial charge is 0.394 e. The van der Waals surface area contributed by atoms with Gasteiger partial charge in [-0.1, -0.05) is 60.7 Å². The SMILES string of the molecule is CC1(C)O[C@@H](CO)[C@H](C(O)(c2ccccc2)c2ccccc2)O1. The maximum Gasteiger partial charge on any atom is 0.164 e. The summed E-state index contributed by atoms with van der Waals surface area (Å²) in [5.74, 6) is -0.865. The molecule has 2 aromatic rings. The fourth-order valence-electron chi connectivity index (χ4n) is 3.20. The van der Waals surface area contributed by atoms with Crippen LogP contribution in [0.2, 0.25) is 0 Å². The van der Waals surface area contributed by atoms with Gasteiger partial charge < -0.3 is 19.7 Å². The van der Waals surface area contributed by atoms with Crippen LogP contribution in [0.4, 0.5) is 0 Å². The third-order valence-electron chi connectivity index (χ3n) is 4.20. The van der Waals surface area contributed by atoms with E-state index in [1.165, 1.54) is 0 Å². The maximum absolute atomic E-state index is 11.7. The molecule has 0 aromatic heterocycles. The van der Waals surface area contributed by atoms with Crippen molar-refractivity contribution in [2.45, 2.75) is 37.4 Å². The Kier molecular flexibility index (Phi) is 4.25. The van der Waals surface area contributed by atoms with Crippen LogP contribution in [0.25, 0.3) is 0 Å². The number of benzene rings is 2. The molecule has 2 atom stereocenters. The minimum absolute atomic E-state index is 0.226. The Morgan fingerprint density at radius 3 is 1.83 bits per heavy atom. The van der Waals surface area contributed by atoms with E-state index in [0.717, 1.165) is 0 Å². The van der Waals surface area contributed by atoms with Crippen molar-refractivity contribution in [3.8, 4) is 0 Å². The Hall–Kier alpha value is -1.72. The van der Waals surface area contributed by atoms with Gasteiger partial charge in [-0.15, -0.1) is 0 Å². The van der Waals surface area contributed by atoms with Crippen molar-refractivity contribution in [2.75, 3.05) is 6.61 Å². The second kappa shape index (κ2) is 6.06. The number of aliphatic hydroxyl groups is 2. The molecule has 4 heteroatoms. The predicted molar refractivity (Wildman–Crippen MR) is 86.8 cm³/mol. The first-order valence-corrected chi connectivity index (χ1v) is 7.77. The quantitative estimate of drug-likeness (QED) is 0.910. The van der Waals surface area contributed by atoms with E-state index >= 15 is 0 Å². The summed E-state index contributed by atoms with van der Waals surface area (Å²) in [6, 6.07) is 18.7. The third kappa shape index (κ3) is 2.91.